The molecule has 4 nitrogen and oxygen atoms in total. The second-order valence-electron chi connectivity index (χ2n) is 4.39. The van der Waals surface area contributed by atoms with Gasteiger partial charge in [0.05, 0.1) is 0 Å². The van der Waals surface area contributed by atoms with Gasteiger partial charge < -0.3 is 10.1 Å². The molecule has 0 radical (unpaired) electrons. The Morgan fingerprint density at radius 2 is 2.00 bits per heavy atom. The van der Waals surface area contributed by atoms with Crippen LogP contribution in [0.1, 0.15) is 10.4 Å². The van der Waals surface area contributed by atoms with Crippen LogP contribution in [0.4, 0.5) is 5.69 Å². The number of ether oxygens (including phenoxy) is 1. The van der Waals surface area contributed by atoms with Gasteiger partial charge in [-0.1, -0.05) is 29.0 Å². The van der Waals surface area contributed by atoms with Gasteiger partial charge in [0.25, 0.3) is 11.1 Å². The van der Waals surface area contributed by atoms with Crippen molar-refractivity contribution in [2.75, 3.05) is 5.32 Å². The molecule has 1 heterocycles. The van der Waals surface area contributed by atoms with Gasteiger partial charge in [0.2, 0.25) is 0 Å². The standard InChI is InChI=1S/C16H11ClN2O2S/c17-12-2-1-3-13(10-12)19-15(20)11-4-6-14(7-5-11)21-16-18-8-9-22-16/h1-10H,(H,19,20). The topological polar surface area (TPSA) is 51.2 Å². The molecular weight excluding hydrogens is 320 g/mol. The molecule has 0 aliphatic carbocycles. The number of carbonyl (C=O) groups is 1. The molecule has 0 atom stereocenters. The van der Waals surface area contributed by atoms with Gasteiger partial charge in [-0.2, -0.15) is 0 Å². The van der Waals surface area contributed by atoms with Gasteiger partial charge in [0.1, 0.15) is 5.75 Å². The smallest absolute Gasteiger partial charge is 0.278 e. The zero-order valence-corrected chi connectivity index (χ0v) is 12.9. The van der Waals surface area contributed by atoms with E-state index in [2.05, 4.69) is 10.3 Å². The highest BCUT2D eigenvalue weighted by molar-refractivity contribution is 7.11. The summed E-state index contributed by atoms with van der Waals surface area (Å²) in [5, 5.41) is 5.76. The average molecular weight is 331 g/mol. The van der Waals surface area contributed by atoms with Crippen LogP contribution >= 0.6 is 22.9 Å². The maximum Gasteiger partial charge on any atom is 0.278 e. The summed E-state index contributed by atoms with van der Waals surface area (Å²) in [7, 11) is 0. The summed E-state index contributed by atoms with van der Waals surface area (Å²) in [6.45, 7) is 0. The minimum absolute atomic E-state index is 0.205. The normalized spacial score (nSPS) is 10.2. The number of halogens is 1. The van der Waals surface area contributed by atoms with Crippen molar-refractivity contribution in [3.63, 3.8) is 0 Å². The Hall–Kier alpha value is -2.37. The molecule has 1 amide bonds. The molecule has 0 saturated carbocycles. The number of aromatic nitrogens is 1. The number of rotatable bonds is 4. The Kier molecular flexibility index (Phi) is 4.37. The first-order chi connectivity index (χ1) is 10.7. The molecule has 0 spiro atoms. The minimum Gasteiger partial charge on any atom is -0.431 e. The van der Waals surface area contributed by atoms with Gasteiger partial charge in [-0.05, 0) is 42.5 Å². The lowest BCUT2D eigenvalue weighted by Gasteiger charge is -2.06. The van der Waals surface area contributed by atoms with E-state index in [4.69, 9.17) is 16.3 Å². The maximum atomic E-state index is 12.1. The second-order valence-corrected chi connectivity index (χ2v) is 5.68. The molecule has 2 aromatic carbocycles. The number of anilines is 1. The summed E-state index contributed by atoms with van der Waals surface area (Å²) in [6.07, 6.45) is 1.67. The number of hydrogen-bond acceptors (Lipinski definition) is 4. The van der Waals surface area contributed by atoms with Crippen LogP contribution in [-0.2, 0) is 0 Å². The first kappa shape index (κ1) is 14.6. The molecule has 3 aromatic rings. The van der Waals surface area contributed by atoms with Crippen molar-refractivity contribution in [1.29, 1.82) is 0 Å². The van der Waals surface area contributed by atoms with Crippen molar-refractivity contribution in [3.8, 4) is 10.9 Å². The van der Waals surface area contributed by atoms with Gasteiger partial charge in [0.15, 0.2) is 0 Å². The highest BCUT2D eigenvalue weighted by atomic mass is 35.5. The van der Waals surface area contributed by atoms with E-state index in [1.54, 1.807) is 54.7 Å². The molecule has 22 heavy (non-hydrogen) atoms. The minimum atomic E-state index is -0.205. The molecule has 0 aliphatic rings. The van der Waals surface area contributed by atoms with Gasteiger partial charge >= 0.3 is 0 Å². The molecule has 110 valence electrons. The number of benzene rings is 2. The zero-order valence-electron chi connectivity index (χ0n) is 11.3. The fourth-order valence-electron chi connectivity index (χ4n) is 1.81. The van der Waals surface area contributed by atoms with Crippen LogP contribution in [0, 0.1) is 0 Å². The Morgan fingerprint density at radius 3 is 2.68 bits per heavy atom. The fourth-order valence-corrected chi connectivity index (χ4v) is 2.50. The van der Waals surface area contributed by atoms with E-state index in [-0.39, 0.29) is 5.91 Å². The predicted molar refractivity (Wildman–Crippen MR) is 88.0 cm³/mol. The largest absolute Gasteiger partial charge is 0.431 e. The molecule has 0 unspecified atom stereocenters. The molecule has 1 aromatic heterocycles. The third kappa shape index (κ3) is 3.63. The van der Waals surface area contributed by atoms with Gasteiger partial charge in [0, 0.05) is 27.9 Å². The zero-order chi connectivity index (χ0) is 15.4. The molecular formula is C16H11ClN2O2S. The second kappa shape index (κ2) is 6.60. The molecule has 0 aliphatic heterocycles. The fraction of sp³-hybridized carbons (Fsp3) is 0. The summed E-state index contributed by atoms with van der Waals surface area (Å²) in [4.78, 5) is 16.2. The van der Waals surface area contributed by atoms with E-state index in [0.29, 0.717) is 27.2 Å². The molecule has 0 fully saturated rings. The number of nitrogens with one attached hydrogen (secondary N) is 1. The van der Waals surface area contributed by atoms with Gasteiger partial charge in [-0.25, -0.2) is 4.98 Å². The van der Waals surface area contributed by atoms with Crippen LogP contribution in [0.2, 0.25) is 5.02 Å². The summed E-state index contributed by atoms with van der Waals surface area (Å²) in [5.41, 5.74) is 1.19. The van der Waals surface area contributed by atoms with Crippen LogP contribution in [-0.4, -0.2) is 10.9 Å². The molecule has 0 saturated heterocycles. The maximum absolute atomic E-state index is 12.1. The van der Waals surface area contributed by atoms with Crippen molar-refractivity contribution in [2.45, 2.75) is 0 Å². The Bertz CT molecular complexity index is 773. The highest BCUT2D eigenvalue weighted by Crippen LogP contribution is 2.23. The predicted octanol–water partition coefficient (Wildman–Crippen LogP) is 4.84. The number of amides is 1. The monoisotopic (exact) mass is 330 g/mol. The summed E-state index contributed by atoms with van der Waals surface area (Å²) >= 11 is 7.30. The third-order valence-corrected chi connectivity index (χ3v) is 3.70. The number of hydrogen-bond donors (Lipinski definition) is 1. The lowest BCUT2D eigenvalue weighted by atomic mass is 10.2. The van der Waals surface area contributed by atoms with Crippen LogP contribution in [0.3, 0.4) is 0 Å². The van der Waals surface area contributed by atoms with E-state index in [1.165, 1.54) is 11.3 Å². The van der Waals surface area contributed by atoms with E-state index < -0.39 is 0 Å². The van der Waals surface area contributed by atoms with Gasteiger partial charge in [-0.3, -0.25) is 4.79 Å². The summed E-state index contributed by atoms with van der Waals surface area (Å²) < 4.78 is 5.55. The molecule has 3 rings (SSSR count). The number of carbonyl (C=O) groups excluding carboxylic acids is 1. The summed E-state index contributed by atoms with van der Waals surface area (Å²) in [5.74, 6) is 0.428. The van der Waals surface area contributed by atoms with Crippen molar-refractivity contribution < 1.29 is 9.53 Å². The third-order valence-electron chi connectivity index (χ3n) is 2.81. The summed E-state index contributed by atoms with van der Waals surface area (Å²) in [6, 6.07) is 13.9. The van der Waals surface area contributed by atoms with Gasteiger partial charge in [-0.15, -0.1) is 0 Å². The Morgan fingerprint density at radius 1 is 1.18 bits per heavy atom. The van der Waals surface area contributed by atoms with E-state index in [0.717, 1.165) is 0 Å². The van der Waals surface area contributed by atoms with Crippen LogP contribution in [0.25, 0.3) is 0 Å². The highest BCUT2D eigenvalue weighted by Gasteiger charge is 2.07. The van der Waals surface area contributed by atoms with E-state index >= 15 is 0 Å². The lowest BCUT2D eigenvalue weighted by molar-refractivity contribution is 0.102. The van der Waals surface area contributed by atoms with E-state index in [1.807, 2.05) is 5.38 Å². The van der Waals surface area contributed by atoms with Crippen LogP contribution in [0.15, 0.2) is 60.1 Å². The molecule has 0 bridgehead atoms. The van der Waals surface area contributed by atoms with Crippen LogP contribution in [0.5, 0.6) is 10.9 Å². The quantitative estimate of drug-likeness (QED) is 0.744. The SMILES string of the molecule is O=C(Nc1cccc(Cl)c1)c1ccc(Oc2nccs2)cc1. The number of nitrogens with zero attached hydrogens (tertiary/aromatic N) is 1. The lowest BCUT2D eigenvalue weighted by Crippen LogP contribution is -2.11. The van der Waals surface area contributed by atoms with E-state index in [9.17, 15) is 4.79 Å². The van der Waals surface area contributed by atoms with Crippen molar-refractivity contribution in [1.82, 2.24) is 4.98 Å². The average Bonchev–Trinajstić information content (AvgIpc) is 3.01. The molecule has 6 heteroatoms. The molecule has 1 N–H and O–H groups in total. The number of thiazole rings is 1. The Balaban J connectivity index is 1.68. The first-order valence-electron chi connectivity index (χ1n) is 6.45. The first-order valence-corrected chi connectivity index (χ1v) is 7.71. The van der Waals surface area contributed by atoms with Crippen molar-refractivity contribution in [2.24, 2.45) is 0 Å². The van der Waals surface area contributed by atoms with Crippen molar-refractivity contribution >= 4 is 34.5 Å². The van der Waals surface area contributed by atoms with Crippen LogP contribution < -0.4 is 10.1 Å². The van der Waals surface area contributed by atoms with Crippen molar-refractivity contribution in [3.05, 3.63) is 70.7 Å². The Labute approximate surface area is 136 Å².